The Morgan fingerprint density at radius 1 is 1.28 bits per heavy atom. The second-order valence-corrected chi connectivity index (χ2v) is 5.58. The lowest BCUT2D eigenvalue weighted by Crippen LogP contribution is -2.43. The molecular formula is C12H18ClN5. The van der Waals surface area contributed by atoms with Gasteiger partial charge in [0.1, 0.15) is 0 Å². The minimum absolute atomic E-state index is 0.379. The van der Waals surface area contributed by atoms with Gasteiger partial charge in [0.25, 0.3) is 0 Å². The van der Waals surface area contributed by atoms with Crippen molar-refractivity contribution in [3.63, 3.8) is 0 Å². The van der Waals surface area contributed by atoms with Crippen LogP contribution in [0.5, 0.6) is 0 Å². The van der Waals surface area contributed by atoms with Crippen LogP contribution in [-0.2, 0) is 0 Å². The summed E-state index contributed by atoms with van der Waals surface area (Å²) < 4.78 is 0. The van der Waals surface area contributed by atoms with E-state index in [0.717, 1.165) is 18.3 Å². The SMILES string of the molecule is Cc1nc(N[C@@H]2CCCN(C3CC3)C2)nnc1Cl. The number of nitrogens with zero attached hydrogens (tertiary/aromatic N) is 4. The van der Waals surface area contributed by atoms with Crippen molar-refractivity contribution in [1.82, 2.24) is 20.1 Å². The van der Waals surface area contributed by atoms with Crippen LogP contribution in [0.25, 0.3) is 0 Å². The van der Waals surface area contributed by atoms with Gasteiger partial charge in [-0.1, -0.05) is 11.6 Å². The quantitative estimate of drug-likeness (QED) is 0.906. The van der Waals surface area contributed by atoms with Crippen LogP contribution in [0.1, 0.15) is 31.4 Å². The summed E-state index contributed by atoms with van der Waals surface area (Å²) >= 11 is 5.82. The first-order valence-corrected chi connectivity index (χ1v) is 6.97. The molecule has 5 nitrogen and oxygen atoms in total. The van der Waals surface area contributed by atoms with Gasteiger partial charge in [0.2, 0.25) is 5.95 Å². The Labute approximate surface area is 112 Å². The minimum Gasteiger partial charge on any atom is -0.349 e. The molecule has 0 aromatic carbocycles. The number of halogens is 1. The summed E-state index contributed by atoms with van der Waals surface area (Å²) in [6, 6.07) is 1.27. The maximum atomic E-state index is 5.82. The van der Waals surface area contributed by atoms with Crippen molar-refractivity contribution < 1.29 is 0 Å². The molecule has 1 saturated heterocycles. The number of hydrogen-bond acceptors (Lipinski definition) is 5. The van der Waals surface area contributed by atoms with E-state index in [-0.39, 0.29) is 0 Å². The number of aryl methyl sites for hydroxylation is 1. The first kappa shape index (κ1) is 12.1. The number of likely N-dealkylation sites (tertiary alicyclic amines) is 1. The number of aromatic nitrogens is 3. The summed E-state index contributed by atoms with van der Waals surface area (Å²) in [6.07, 6.45) is 5.15. The molecule has 0 amide bonds. The Morgan fingerprint density at radius 3 is 2.83 bits per heavy atom. The summed E-state index contributed by atoms with van der Waals surface area (Å²) in [5, 5.41) is 11.6. The van der Waals surface area contributed by atoms with Gasteiger partial charge in [0.15, 0.2) is 5.15 Å². The van der Waals surface area contributed by atoms with E-state index in [4.69, 9.17) is 11.6 Å². The van der Waals surface area contributed by atoms with Crippen LogP contribution < -0.4 is 5.32 Å². The molecule has 3 rings (SSSR count). The molecule has 0 spiro atoms. The number of anilines is 1. The monoisotopic (exact) mass is 267 g/mol. The first-order chi connectivity index (χ1) is 8.72. The van der Waals surface area contributed by atoms with Gasteiger partial charge in [0, 0.05) is 18.6 Å². The van der Waals surface area contributed by atoms with Crippen molar-refractivity contribution in [3.8, 4) is 0 Å². The Morgan fingerprint density at radius 2 is 2.11 bits per heavy atom. The molecule has 1 aliphatic carbocycles. The molecule has 1 aromatic rings. The van der Waals surface area contributed by atoms with Gasteiger partial charge >= 0.3 is 0 Å². The highest BCUT2D eigenvalue weighted by Gasteiger charge is 2.32. The molecule has 1 N–H and O–H groups in total. The van der Waals surface area contributed by atoms with Crippen LogP contribution in [0, 0.1) is 6.92 Å². The third-order valence-electron chi connectivity index (χ3n) is 3.65. The average molecular weight is 268 g/mol. The highest BCUT2D eigenvalue weighted by molar-refractivity contribution is 6.29. The van der Waals surface area contributed by atoms with Gasteiger partial charge < -0.3 is 5.32 Å². The minimum atomic E-state index is 0.379. The molecule has 18 heavy (non-hydrogen) atoms. The number of piperidine rings is 1. The molecule has 0 unspecified atom stereocenters. The van der Waals surface area contributed by atoms with E-state index in [9.17, 15) is 0 Å². The molecular weight excluding hydrogens is 250 g/mol. The third kappa shape index (κ3) is 2.72. The van der Waals surface area contributed by atoms with Crippen LogP contribution in [-0.4, -0.2) is 45.3 Å². The topological polar surface area (TPSA) is 53.9 Å². The summed E-state index contributed by atoms with van der Waals surface area (Å²) in [6.45, 7) is 4.18. The fraction of sp³-hybridized carbons (Fsp3) is 0.750. The number of nitrogens with one attached hydrogen (secondary N) is 1. The van der Waals surface area contributed by atoms with Crippen LogP contribution in [0.2, 0.25) is 5.15 Å². The van der Waals surface area contributed by atoms with Gasteiger partial charge in [-0.05, 0) is 39.2 Å². The predicted octanol–water partition coefficient (Wildman–Crippen LogP) is 1.87. The van der Waals surface area contributed by atoms with Gasteiger partial charge in [0.05, 0.1) is 5.69 Å². The molecule has 6 heteroatoms. The molecule has 2 fully saturated rings. The van der Waals surface area contributed by atoms with Gasteiger partial charge in [-0.3, -0.25) is 4.90 Å². The molecule has 98 valence electrons. The lowest BCUT2D eigenvalue weighted by Gasteiger charge is -2.33. The maximum absolute atomic E-state index is 5.82. The van der Waals surface area contributed by atoms with E-state index in [1.54, 1.807) is 0 Å². The molecule has 2 aliphatic rings. The highest BCUT2D eigenvalue weighted by Crippen LogP contribution is 2.29. The van der Waals surface area contributed by atoms with Crippen molar-refractivity contribution in [1.29, 1.82) is 0 Å². The van der Waals surface area contributed by atoms with E-state index in [1.807, 2.05) is 6.92 Å². The third-order valence-corrected chi connectivity index (χ3v) is 4.00. The standard InChI is InChI=1S/C12H18ClN5/c1-8-11(13)16-17-12(14-8)15-9-3-2-6-18(7-9)10-4-5-10/h9-10H,2-7H2,1H3,(H,14,15,17)/t9-/m1/s1. The fourth-order valence-corrected chi connectivity index (χ4v) is 2.61. The fourth-order valence-electron chi connectivity index (χ4n) is 2.53. The molecule has 2 heterocycles. The lowest BCUT2D eigenvalue weighted by atomic mass is 10.1. The number of rotatable bonds is 3. The Kier molecular flexibility index (Phi) is 3.35. The zero-order valence-corrected chi connectivity index (χ0v) is 11.3. The van der Waals surface area contributed by atoms with E-state index in [2.05, 4.69) is 25.4 Å². The van der Waals surface area contributed by atoms with Gasteiger partial charge in [-0.15, -0.1) is 10.2 Å². The lowest BCUT2D eigenvalue weighted by molar-refractivity contribution is 0.207. The van der Waals surface area contributed by atoms with Crippen LogP contribution in [0.4, 0.5) is 5.95 Å². The van der Waals surface area contributed by atoms with Crippen molar-refractivity contribution in [3.05, 3.63) is 10.8 Å². The second kappa shape index (κ2) is 4.97. The summed E-state index contributed by atoms with van der Waals surface area (Å²) in [5.41, 5.74) is 0.726. The molecule has 1 aliphatic heterocycles. The Bertz CT molecular complexity index is 434. The van der Waals surface area contributed by atoms with Crippen LogP contribution in [0.3, 0.4) is 0 Å². The summed E-state index contributed by atoms with van der Waals surface area (Å²) in [7, 11) is 0. The average Bonchev–Trinajstić information content (AvgIpc) is 3.18. The van der Waals surface area contributed by atoms with Crippen LogP contribution in [0.15, 0.2) is 0 Å². The smallest absolute Gasteiger partial charge is 0.243 e. The second-order valence-electron chi connectivity index (χ2n) is 5.22. The summed E-state index contributed by atoms with van der Waals surface area (Å²) in [5.74, 6) is 0.597. The number of hydrogen-bond donors (Lipinski definition) is 1. The molecule has 1 atom stereocenters. The van der Waals surface area contributed by atoms with Gasteiger partial charge in [-0.25, -0.2) is 4.98 Å². The Balaban J connectivity index is 1.62. The molecule has 0 radical (unpaired) electrons. The first-order valence-electron chi connectivity index (χ1n) is 6.60. The normalized spacial score (nSPS) is 25.1. The molecule has 0 bridgehead atoms. The van der Waals surface area contributed by atoms with E-state index < -0.39 is 0 Å². The van der Waals surface area contributed by atoms with Crippen molar-refractivity contribution in [2.75, 3.05) is 18.4 Å². The Hall–Kier alpha value is -0.940. The van der Waals surface area contributed by atoms with Crippen LogP contribution >= 0.6 is 11.6 Å². The van der Waals surface area contributed by atoms with Crippen molar-refractivity contribution in [2.45, 2.75) is 44.7 Å². The highest BCUT2D eigenvalue weighted by atomic mass is 35.5. The predicted molar refractivity (Wildman–Crippen MR) is 70.8 cm³/mol. The van der Waals surface area contributed by atoms with E-state index >= 15 is 0 Å². The van der Waals surface area contributed by atoms with E-state index in [0.29, 0.717) is 17.1 Å². The maximum Gasteiger partial charge on any atom is 0.243 e. The molecule has 1 aromatic heterocycles. The largest absolute Gasteiger partial charge is 0.349 e. The zero-order chi connectivity index (χ0) is 12.5. The summed E-state index contributed by atoms with van der Waals surface area (Å²) in [4.78, 5) is 6.90. The van der Waals surface area contributed by atoms with Crippen molar-refractivity contribution in [2.24, 2.45) is 0 Å². The van der Waals surface area contributed by atoms with E-state index in [1.165, 1.54) is 32.2 Å². The zero-order valence-electron chi connectivity index (χ0n) is 10.6. The molecule has 1 saturated carbocycles. The van der Waals surface area contributed by atoms with Crippen molar-refractivity contribution >= 4 is 17.5 Å². The van der Waals surface area contributed by atoms with Gasteiger partial charge in [-0.2, -0.15) is 0 Å².